The van der Waals surface area contributed by atoms with E-state index in [4.69, 9.17) is 0 Å². The molecular weight excluding hydrogens is 897 g/mol. The number of nitrogens with zero attached hydrogens (tertiary/aromatic N) is 10. The monoisotopic (exact) mass is 950 g/mol. The molecule has 0 unspecified atom stereocenters. The second kappa shape index (κ2) is 21.7. The molecule has 0 fully saturated rings. The van der Waals surface area contributed by atoms with E-state index >= 15 is 0 Å². The second-order valence-electron chi connectivity index (χ2n) is 16.2. The van der Waals surface area contributed by atoms with E-state index in [1.54, 1.807) is 82.1 Å². The van der Waals surface area contributed by atoms with Crippen LogP contribution in [0.25, 0.3) is 0 Å². The summed E-state index contributed by atoms with van der Waals surface area (Å²) in [7, 11) is 13.5. The number of carbonyl (C=O) groups is 8. The summed E-state index contributed by atoms with van der Waals surface area (Å²) in [6.07, 6.45) is 9.12. The SMILES string of the molecule is CN(C)CCNC(=O)CCNC(=O)c1nc(NC(=O)c2nc(NC(=O)c3nc(NC(=O)CCNC(=O)c4cc(NC(=O)c5cc(NC(=O)c6cccn6C)cn5C)cn4C)cn3C)cn2C)cn1C. The summed E-state index contributed by atoms with van der Waals surface area (Å²) in [5, 5.41) is 21.4. The van der Waals surface area contributed by atoms with Gasteiger partial charge in [-0.1, -0.05) is 0 Å². The van der Waals surface area contributed by atoms with Crippen LogP contribution in [0.15, 0.2) is 61.4 Å². The molecule has 0 saturated heterocycles. The first-order valence-electron chi connectivity index (χ1n) is 21.3. The Balaban J connectivity index is 0.940. The van der Waals surface area contributed by atoms with Crippen LogP contribution in [-0.2, 0) is 51.9 Å². The number of imidazole rings is 3. The molecule has 8 N–H and O–H groups in total. The van der Waals surface area contributed by atoms with Crippen molar-refractivity contribution in [3.05, 3.63) is 96.0 Å². The molecule has 0 bridgehead atoms. The van der Waals surface area contributed by atoms with Gasteiger partial charge in [0.15, 0.2) is 17.5 Å². The minimum Gasteiger partial charge on any atom is -0.355 e. The van der Waals surface area contributed by atoms with Gasteiger partial charge >= 0.3 is 0 Å². The van der Waals surface area contributed by atoms with Crippen molar-refractivity contribution in [1.82, 2.24) is 63.2 Å². The Morgan fingerprint density at radius 1 is 0.464 bits per heavy atom. The van der Waals surface area contributed by atoms with Gasteiger partial charge in [-0.25, -0.2) is 15.0 Å². The van der Waals surface area contributed by atoms with E-state index in [2.05, 4.69) is 57.5 Å². The molecule has 6 aromatic rings. The fourth-order valence-corrected chi connectivity index (χ4v) is 6.82. The molecule has 8 amide bonds. The number of hydrogen-bond acceptors (Lipinski definition) is 12. The summed E-state index contributed by atoms with van der Waals surface area (Å²) in [6, 6.07) is 6.45. The zero-order chi connectivity index (χ0) is 50.1. The molecule has 364 valence electrons. The van der Waals surface area contributed by atoms with Gasteiger partial charge in [-0.3, -0.25) is 38.4 Å². The number of hydrogen-bond donors (Lipinski definition) is 8. The van der Waals surface area contributed by atoms with Gasteiger partial charge in [0, 0.05) is 118 Å². The Kier molecular flexibility index (Phi) is 15.6. The third kappa shape index (κ3) is 12.8. The van der Waals surface area contributed by atoms with Crippen molar-refractivity contribution in [2.45, 2.75) is 12.8 Å². The predicted octanol–water partition coefficient (Wildman–Crippen LogP) is 0.468. The lowest BCUT2D eigenvalue weighted by Gasteiger charge is -2.10. The van der Waals surface area contributed by atoms with Gasteiger partial charge < -0.3 is 74.8 Å². The van der Waals surface area contributed by atoms with Crippen molar-refractivity contribution in [3.63, 3.8) is 0 Å². The quantitative estimate of drug-likeness (QED) is 0.0518. The highest BCUT2D eigenvalue weighted by molar-refractivity contribution is 6.08. The largest absolute Gasteiger partial charge is 0.355 e. The first-order chi connectivity index (χ1) is 32.8. The number of aryl methyl sites for hydroxylation is 6. The normalized spacial score (nSPS) is 11.0. The standard InChI is InChI=1S/C43H54N18O8/c1-55(2)17-15-44-33(62)11-13-46-41(67)35-51-31(23-59(35)6)53-43(69)37-52-32(24-61(37)8)54-42(68)36-50-30(22-60(36)7)49-34(63)12-14-45-38(64)28-18-25(20-57(28)4)48-40(66)29-19-26(21-58(29)5)47-39(65)27-10-9-16-56(27)3/h9-10,16,18-24H,11-15,17H2,1-8H3,(H,44,62)(H,45,64)(H,46,67)(H,47,65)(H,48,66)(H,49,63)(H,53,69)(H,54,68). The van der Waals surface area contributed by atoms with Gasteiger partial charge in [-0.2, -0.15) is 0 Å². The molecule has 0 atom stereocenters. The highest BCUT2D eigenvalue weighted by Gasteiger charge is 2.23. The smallest absolute Gasteiger partial charge is 0.292 e. The van der Waals surface area contributed by atoms with Crippen molar-refractivity contribution < 1.29 is 38.4 Å². The summed E-state index contributed by atoms with van der Waals surface area (Å²) >= 11 is 0. The number of carbonyl (C=O) groups excluding carboxylic acids is 8. The highest BCUT2D eigenvalue weighted by Crippen LogP contribution is 2.19. The second-order valence-corrected chi connectivity index (χ2v) is 16.2. The summed E-state index contributed by atoms with van der Waals surface area (Å²) in [4.78, 5) is 117. The van der Waals surface area contributed by atoms with Crippen molar-refractivity contribution in [2.75, 3.05) is 66.9 Å². The van der Waals surface area contributed by atoms with Gasteiger partial charge in [0.25, 0.3) is 35.4 Å². The molecule has 6 heterocycles. The minimum atomic E-state index is -0.694. The number of likely N-dealkylation sites (N-methyl/N-ethyl adjacent to an activating group) is 1. The van der Waals surface area contributed by atoms with Crippen LogP contribution in [0.5, 0.6) is 0 Å². The fraction of sp³-hybridized carbons (Fsp3) is 0.326. The molecule has 0 aromatic carbocycles. The Morgan fingerprint density at radius 3 is 1.41 bits per heavy atom. The van der Waals surface area contributed by atoms with Crippen LogP contribution in [-0.4, -0.2) is 135 Å². The molecule has 0 aliphatic rings. The Morgan fingerprint density at radius 2 is 0.913 bits per heavy atom. The first-order valence-corrected chi connectivity index (χ1v) is 21.3. The summed E-state index contributed by atoms with van der Waals surface area (Å²) < 4.78 is 8.94. The lowest BCUT2D eigenvalue weighted by Crippen LogP contribution is -2.34. The van der Waals surface area contributed by atoms with Crippen LogP contribution in [0.4, 0.5) is 28.8 Å². The number of nitrogens with one attached hydrogen (secondary N) is 8. The zero-order valence-corrected chi connectivity index (χ0v) is 39.3. The molecule has 0 saturated carbocycles. The highest BCUT2D eigenvalue weighted by atomic mass is 16.2. The van der Waals surface area contributed by atoms with Crippen molar-refractivity contribution in [3.8, 4) is 0 Å². The number of amides is 8. The Labute approximate surface area is 394 Å². The van der Waals surface area contributed by atoms with Gasteiger partial charge in [0.1, 0.15) is 17.1 Å². The third-order valence-electron chi connectivity index (χ3n) is 10.3. The van der Waals surface area contributed by atoms with Crippen LogP contribution in [0.1, 0.15) is 76.2 Å². The summed E-state index contributed by atoms with van der Waals surface area (Å²) in [6.45, 7) is 1.20. The van der Waals surface area contributed by atoms with Gasteiger partial charge in [-0.15, -0.1) is 0 Å². The maximum absolute atomic E-state index is 13.2. The molecule has 0 aliphatic heterocycles. The maximum Gasteiger partial charge on any atom is 0.292 e. The third-order valence-corrected chi connectivity index (χ3v) is 10.3. The Bertz CT molecular complexity index is 2920. The van der Waals surface area contributed by atoms with Gasteiger partial charge in [0.2, 0.25) is 29.3 Å². The molecule has 0 spiro atoms. The van der Waals surface area contributed by atoms with E-state index < -0.39 is 35.4 Å². The summed E-state index contributed by atoms with van der Waals surface area (Å²) in [5.41, 5.74) is 1.70. The Hall–Kier alpha value is -8.81. The van der Waals surface area contributed by atoms with Gasteiger partial charge in [-0.05, 0) is 38.4 Å². The van der Waals surface area contributed by atoms with E-state index in [0.717, 1.165) is 0 Å². The van der Waals surface area contributed by atoms with E-state index in [9.17, 15) is 38.4 Å². The number of rotatable bonds is 20. The number of anilines is 5. The molecule has 0 radical (unpaired) electrons. The zero-order valence-electron chi connectivity index (χ0n) is 39.3. The average Bonchev–Trinajstić information content (AvgIpc) is 4.14. The van der Waals surface area contributed by atoms with E-state index in [-0.39, 0.29) is 84.1 Å². The molecule has 26 heteroatoms. The minimum absolute atomic E-state index is 0.0000735. The van der Waals surface area contributed by atoms with Crippen LogP contribution >= 0.6 is 0 Å². The van der Waals surface area contributed by atoms with Crippen molar-refractivity contribution in [2.24, 2.45) is 42.3 Å². The predicted molar refractivity (Wildman–Crippen MR) is 252 cm³/mol. The molecule has 0 aliphatic carbocycles. The van der Waals surface area contributed by atoms with Crippen LogP contribution < -0.4 is 42.5 Å². The lowest BCUT2D eigenvalue weighted by atomic mass is 10.3. The number of aromatic nitrogens is 9. The fourth-order valence-electron chi connectivity index (χ4n) is 6.82. The average molecular weight is 951 g/mol. The van der Waals surface area contributed by atoms with Crippen LogP contribution in [0.3, 0.4) is 0 Å². The molecule has 26 nitrogen and oxygen atoms in total. The molecular formula is C43H54N18O8. The van der Waals surface area contributed by atoms with E-state index in [1.807, 2.05) is 19.0 Å². The van der Waals surface area contributed by atoms with Gasteiger partial charge in [0.05, 0.1) is 11.4 Å². The van der Waals surface area contributed by atoms with Crippen LogP contribution in [0, 0.1) is 0 Å². The molecule has 6 aromatic heterocycles. The van der Waals surface area contributed by atoms with E-state index in [1.165, 1.54) is 49.0 Å². The molecule has 6 rings (SSSR count). The molecule has 69 heavy (non-hydrogen) atoms. The van der Waals surface area contributed by atoms with E-state index in [0.29, 0.717) is 30.2 Å². The first kappa shape index (κ1) is 49.6. The van der Waals surface area contributed by atoms with Crippen molar-refractivity contribution >= 4 is 76.1 Å². The topological polar surface area (TPSA) is 304 Å². The lowest BCUT2D eigenvalue weighted by molar-refractivity contribution is -0.121. The summed E-state index contributed by atoms with van der Waals surface area (Å²) in [5.74, 6) is -3.95. The van der Waals surface area contributed by atoms with Crippen LogP contribution in [0.2, 0.25) is 0 Å². The maximum atomic E-state index is 13.2. The van der Waals surface area contributed by atoms with Crippen molar-refractivity contribution in [1.29, 1.82) is 0 Å².